The number of halogens is 6. The first kappa shape index (κ1) is 31.5. The third kappa shape index (κ3) is 6.93. The van der Waals surface area contributed by atoms with Crippen LogP contribution in [0.4, 0.5) is 26.3 Å². The SMILES string of the molecule is CC(C)NC(=O)[C@H]1CN(Cc2ccncc2)CCN1Cc1ccc(-c2ccc(C(O)(C(F)(F)F)C(F)(F)F)cc2)cc1. The van der Waals surface area contributed by atoms with Crippen molar-refractivity contribution in [3.05, 3.63) is 89.7 Å². The van der Waals surface area contributed by atoms with E-state index in [-0.39, 0.29) is 11.9 Å². The van der Waals surface area contributed by atoms with Gasteiger partial charge in [0.05, 0.1) is 0 Å². The Morgan fingerprint density at radius 3 is 1.90 bits per heavy atom. The molecule has 1 aliphatic heterocycles. The van der Waals surface area contributed by atoms with E-state index in [2.05, 4.69) is 20.1 Å². The van der Waals surface area contributed by atoms with Crippen LogP contribution in [0.2, 0.25) is 0 Å². The van der Waals surface area contributed by atoms with E-state index in [0.29, 0.717) is 49.4 Å². The van der Waals surface area contributed by atoms with Crippen LogP contribution in [0.25, 0.3) is 11.1 Å². The number of carbonyl (C=O) groups excluding carboxylic acids is 1. The van der Waals surface area contributed by atoms with Crippen molar-refractivity contribution in [2.24, 2.45) is 0 Å². The molecule has 226 valence electrons. The summed E-state index contributed by atoms with van der Waals surface area (Å²) in [6, 6.07) is 14.0. The van der Waals surface area contributed by atoms with E-state index >= 15 is 0 Å². The molecule has 1 fully saturated rings. The van der Waals surface area contributed by atoms with E-state index in [9.17, 15) is 36.2 Å². The molecule has 0 bridgehead atoms. The van der Waals surface area contributed by atoms with Gasteiger partial charge in [-0.3, -0.25) is 19.6 Å². The van der Waals surface area contributed by atoms with Gasteiger partial charge >= 0.3 is 12.4 Å². The Balaban J connectivity index is 1.48. The molecular formula is C30H32F6N4O2. The molecule has 1 aliphatic rings. The Morgan fingerprint density at radius 1 is 0.857 bits per heavy atom. The highest BCUT2D eigenvalue weighted by atomic mass is 19.4. The summed E-state index contributed by atoms with van der Waals surface area (Å²) in [5.74, 6) is -0.0705. The van der Waals surface area contributed by atoms with Gasteiger partial charge in [-0.05, 0) is 48.2 Å². The first-order chi connectivity index (χ1) is 19.7. The number of piperazine rings is 1. The van der Waals surface area contributed by atoms with Crippen molar-refractivity contribution < 1.29 is 36.2 Å². The van der Waals surface area contributed by atoms with E-state index in [0.717, 1.165) is 29.8 Å². The molecular weight excluding hydrogens is 562 g/mol. The van der Waals surface area contributed by atoms with Gasteiger partial charge in [0.2, 0.25) is 5.91 Å². The summed E-state index contributed by atoms with van der Waals surface area (Å²) in [5, 5.41) is 12.6. The maximum atomic E-state index is 13.2. The van der Waals surface area contributed by atoms with Crippen molar-refractivity contribution in [2.75, 3.05) is 19.6 Å². The number of amides is 1. The summed E-state index contributed by atoms with van der Waals surface area (Å²) in [7, 11) is 0. The van der Waals surface area contributed by atoms with Gasteiger partial charge in [0.15, 0.2) is 0 Å². The van der Waals surface area contributed by atoms with E-state index in [1.54, 1.807) is 24.5 Å². The van der Waals surface area contributed by atoms with Crippen LogP contribution in [0.5, 0.6) is 0 Å². The summed E-state index contributed by atoms with van der Waals surface area (Å²) in [6.45, 7) is 6.90. The van der Waals surface area contributed by atoms with Crippen LogP contribution in [0.3, 0.4) is 0 Å². The second-order valence-electron chi connectivity index (χ2n) is 10.7. The third-order valence-corrected chi connectivity index (χ3v) is 7.26. The molecule has 12 heteroatoms. The van der Waals surface area contributed by atoms with E-state index in [1.165, 1.54) is 0 Å². The van der Waals surface area contributed by atoms with Gasteiger partial charge in [0.1, 0.15) is 6.04 Å². The largest absolute Gasteiger partial charge is 0.430 e. The molecule has 1 atom stereocenters. The molecule has 1 amide bonds. The second kappa shape index (κ2) is 12.4. The lowest BCUT2D eigenvalue weighted by molar-refractivity contribution is -0.376. The summed E-state index contributed by atoms with van der Waals surface area (Å²) < 4.78 is 79.2. The van der Waals surface area contributed by atoms with Gasteiger partial charge in [-0.25, -0.2) is 0 Å². The summed E-state index contributed by atoms with van der Waals surface area (Å²) >= 11 is 0. The zero-order chi connectivity index (χ0) is 30.7. The summed E-state index contributed by atoms with van der Waals surface area (Å²) in [6.07, 6.45) is -8.42. The highest BCUT2D eigenvalue weighted by Gasteiger charge is 2.71. The molecule has 42 heavy (non-hydrogen) atoms. The van der Waals surface area contributed by atoms with Crippen LogP contribution >= 0.6 is 0 Å². The maximum Gasteiger partial charge on any atom is 0.430 e. The lowest BCUT2D eigenvalue weighted by Gasteiger charge is -2.41. The molecule has 2 N–H and O–H groups in total. The van der Waals surface area contributed by atoms with Gasteiger partial charge in [-0.2, -0.15) is 26.3 Å². The molecule has 2 aromatic carbocycles. The molecule has 1 saturated heterocycles. The Bertz CT molecular complexity index is 1320. The van der Waals surface area contributed by atoms with Crippen LogP contribution in [0.15, 0.2) is 73.1 Å². The average Bonchev–Trinajstić information content (AvgIpc) is 2.93. The molecule has 0 unspecified atom stereocenters. The Labute approximate surface area is 240 Å². The lowest BCUT2D eigenvalue weighted by Crippen LogP contribution is -2.59. The normalized spacial score (nSPS) is 17.4. The quantitative estimate of drug-likeness (QED) is 0.348. The fourth-order valence-corrected chi connectivity index (χ4v) is 5.01. The minimum atomic E-state index is -5.94. The molecule has 6 nitrogen and oxygen atoms in total. The van der Waals surface area contributed by atoms with Gasteiger partial charge in [0.25, 0.3) is 5.60 Å². The summed E-state index contributed by atoms with van der Waals surface area (Å²) in [4.78, 5) is 21.5. The number of nitrogens with one attached hydrogen (secondary N) is 1. The Kier molecular flexibility index (Phi) is 9.29. The fraction of sp³-hybridized carbons (Fsp3) is 0.400. The van der Waals surface area contributed by atoms with Crippen molar-refractivity contribution >= 4 is 5.91 Å². The Hall–Kier alpha value is -3.48. The number of hydrogen-bond donors (Lipinski definition) is 2. The van der Waals surface area contributed by atoms with Gasteiger partial charge in [0, 0.05) is 56.7 Å². The van der Waals surface area contributed by atoms with Crippen molar-refractivity contribution in [3.8, 4) is 11.1 Å². The minimum Gasteiger partial charge on any atom is -0.369 e. The zero-order valence-electron chi connectivity index (χ0n) is 23.1. The number of benzene rings is 2. The second-order valence-corrected chi connectivity index (χ2v) is 10.7. The number of alkyl halides is 6. The zero-order valence-corrected chi connectivity index (χ0v) is 23.1. The molecule has 2 heterocycles. The number of carbonyl (C=O) groups is 1. The van der Waals surface area contributed by atoms with Crippen LogP contribution in [-0.4, -0.2) is 69.9 Å². The number of hydrogen-bond acceptors (Lipinski definition) is 5. The van der Waals surface area contributed by atoms with Crippen molar-refractivity contribution in [1.29, 1.82) is 0 Å². The molecule has 0 spiro atoms. The van der Waals surface area contributed by atoms with Crippen LogP contribution in [0.1, 0.15) is 30.5 Å². The van der Waals surface area contributed by atoms with Crippen LogP contribution in [0, 0.1) is 0 Å². The van der Waals surface area contributed by atoms with Gasteiger partial charge in [-0.15, -0.1) is 0 Å². The van der Waals surface area contributed by atoms with Crippen LogP contribution < -0.4 is 5.32 Å². The van der Waals surface area contributed by atoms with E-state index in [4.69, 9.17) is 0 Å². The predicted molar refractivity (Wildman–Crippen MR) is 145 cm³/mol. The molecule has 4 rings (SSSR count). The maximum absolute atomic E-state index is 13.2. The smallest absolute Gasteiger partial charge is 0.369 e. The monoisotopic (exact) mass is 594 g/mol. The first-order valence-electron chi connectivity index (χ1n) is 13.4. The molecule has 1 aromatic heterocycles. The molecule has 3 aromatic rings. The van der Waals surface area contributed by atoms with E-state index < -0.39 is 29.6 Å². The van der Waals surface area contributed by atoms with E-state index in [1.807, 2.05) is 38.1 Å². The predicted octanol–water partition coefficient (Wildman–Crippen LogP) is 5.27. The first-order valence-corrected chi connectivity index (χ1v) is 13.4. The standard InChI is InChI=1S/C30H32F6N4O2/c1-20(2)38-27(41)26-19-39(17-22-11-13-37-14-12-22)15-16-40(26)18-21-3-5-23(6-4-21)24-7-9-25(10-8-24)28(42,29(31,32)33)30(34,35)36/h3-14,20,26,42H,15-19H2,1-2H3,(H,38,41)/t26-/m1/s1. The highest BCUT2D eigenvalue weighted by Crippen LogP contribution is 2.50. The fourth-order valence-electron chi connectivity index (χ4n) is 5.01. The van der Waals surface area contributed by atoms with Crippen molar-refractivity contribution in [1.82, 2.24) is 20.1 Å². The summed E-state index contributed by atoms with van der Waals surface area (Å²) in [5.41, 5.74) is -3.32. The lowest BCUT2D eigenvalue weighted by atomic mass is 9.90. The van der Waals surface area contributed by atoms with Gasteiger partial charge in [-0.1, -0.05) is 48.5 Å². The number of rotatable bonds is 8. The minimum absolute atomic E-state index is 0.0242. The number of pyridine rings is 1. The number of aromatic nitrogens is 1. The Morgan fingerprint density at radius 2 is 1.38 bits per heavy atom. The topological polar surface area (TPSA) is 68.7 Å². The average molecular weight is 595 g/mol. The third-order valence-electron chi connectivity index (χ3n) is 7.26. The molecule has 0 radical (unpaired) electrons. The molecule has 0 aliphatic carbocycles. The number of nitrogens with zero attached hydrogens (tertiary/aromatic N) is 3. The highest BCUT2D eigenvalue weighted by molar-refractivity contribution is 5.82. The number of aliphatic hydroxyl groups is 1. The van der Waals surface area contributed by atoms with Crippen LogP contribution in [-0.2, 0) is 23.5 Å². The van der Waals surface area contributed by atoms with Crippen molar-refractivity contribution in [3.63, 3.8) is 0 Å². The molecule has 0 saturated carbocycles. The van der Waals surface area contributed by atoms with Gasteiger partial charge < -0.3 is 10.4 Å². The van der Waals surface area contributed by atoms with Crippen molar-refractivity contribution in [2.45, 2.75) is 57.0 Å².